The number of anilines is 3. The van der Waals surface area contributed by atoms with Crippen LogP contribution in [0.3, 0.4) is 0 Å². The van der Waals surface area contributed by atoms with Gasteiger partial charge in [-0.2, -0.15) is 0 Å². The standard InChI is InChI=1S/C20H20N4O3S/c1-12(19(22)26)24(14-8-10-15(27-2)11-9-14)20-23-18(21)17(28-20)16(25)13-6-4-3-5-7-13/h3-12H,21H2,1-2H3,(H2,22,26)/t12-/m1/s1. The lowest BCUT2D eigenvalue weighted by molar-refractivity contribution is -0.118. The SMILES string of the molecule is COc1ccc(N(c2nc(N)c(C(=O)c3ccccc3)s2)[C@H](C)C(N)=O)cc1. The number of rotatable bonds is 7. The van der Waals surface area contributed by atoms with Crippen molar-refractivity contribution in [3.05, 3.63) is 65.0 Å². The molecular formula is C20H20N4O3S. The van der Waals surface area contributed by atoms with Gasteiger partial charge in [-0.3, -0.25) is 9.59 Å². The summed E-state index contributed by atoms with van der Waals surface area (Å²) in [6.45, 7) is 1.67. The molecule has 0 fully saturated rings. The van der Waals surface area contributed by atoms with E-state index in [0.717, 1.165) is 11.3 Å². The summed E-state index contributed by atoms with van der Waals surface area (Å²) in [7, 11) is 1.57. The molecule has 1 atom stereocenters. The van der Waals surface area contributed by atoms with Gasteiger partial charge in [-0.15, -0.1) is 0 Å². The van der Waals surface area contributed by atoms with Crippen molar-refractivity contribution < 1.29 is 14.3 Å². The maximum absolute atomic E-state index is 12.8. The van der Waals surface area contributed by atoms with E-state index in [1.54, 1.807) is 67.5 Å². The van der Waals surface area contributed by atoms with Crippen LogP contribution in [0.25, 0.3) is 0 Å². The number of benzene rings is 2. The molecule has 3 aromatic rings. The zero-order valence-corrected chi connectivity index (χ0v) is 16.3. The Morgan fingerprint density at radius 3 is 2.32 bits per heavy atom. The van der Waals surface area contributed by atoms with Crippen LogP contribution in [0.15, 0.2) is 54.6 Å². The first kappa shape index (κ1) is 19.4. The molecular weight excluding hydrogens is 376 g/mol. The van der Waals surface area contributed by atoms with Gasteiger partial charge in [0.15, 0.2) is 5.13 Å². The number of ether oxygens (including phenoxy) is 1. The van der Waals surface area contributed by atoms with Gasteiger partial charge in [0, 0.05) is 11.3 Å². The molecule has 1 aromatic heterocycles. The van der Waals surface area contributed by atoms with Gasteiger partial charge in [0.25, 0.3) is 0 Å². The predicted octanol–water partition coefficient (Wildman–Crippen LogP) is 2.98. The number of nitrogen functional groups attached to an aromatic ring is 1. The number of amides is 1. The van der Waals surface area contributed by atoms with E-state index in [1.165, 1.54) is 0 Å². The Bertz CT molecular complexity index is 986. The quantitative estimate of drug-likeness (QED) is 0.594. The monoisotopic (exact) mass is 396 g/mol. The smallest absolute Gasteiger partial charge is 0.240 e. The number of aromatic nitrogens is 1. The maximum Gasteiger partial charge on any atom is 0.240 e. The van der Waals surface area contributed by atoms with Crippen molar-refractivity contribution in [2.24, 2.45) is 5.73 Å². The summed E-state index contributed by atoms with van der Waals surface area (Å²) in [5.74, 6) is 0.0434. The fourth-order valence-electron chi connectivity index (χ4n) is 2.68. The van der Waals surface area contributed by atoms with Crippen molar-refractivity contribution in [1.82, 2.24) is 4.98 Å². The van der Waals surface area contributed by atoms with Crippen molar-refractivity contribution in [2.45, 2.75) is 13.0 Å². The lowest BCUT2D eigenvalue weighted by atomic mass is 10.1. The molecule has 0 aliphatic carbocycles. The summed E-state index contributed by atoms with van der Waals surface area (Å²) in [5, 5.41) is 0.410. The van der Waals surface area contributed by atoms with E-state index >= 15 is 0 Å². The number of hydrogen-bond donors (Lipinski definition) is 2. The average Bonchev–Trinajstić information content (AvgIpc) is 3.09. The minimum Gasteiger partial charge on any atom is -0.497 e. The molecule has 7 nitrogen and oxygen atoms in total. The second-order valence-electron chi connectivity index (χ2n) is 6.05. The minimum atomic E-state index is -0.696. The first-order valence-corrected chi connectivity index (χ1v) is 9.32. The number of methoxy groups -OCH3 is 1. The van der Waals surface area contributed by atoms with E-state index in [2.05, 4.69) is 4.98 Å². The lowest BCUT2D eigenvalue weighted by Gasteiger charge is -2.26. The first-order valence-electron chi connectivity index (χ1n) is 8.51. The van der Waals surface area contributed by atoms with E-state index in [-0.39, 0.29) is 11.6 Å². The van der Waals surface area contributed by atoms with Crippen LogP contribution < -0.4 is 21.1 Å². The normalized spacial score (nSPS) is 11.6. The third-order valence-corrected chi connectivity index (χ3v) is 5.31. The molecule has 0 saturated heterocycles. The van der Waals surface area contributed by atoms with E-state index in [9.17, 15) is 9.59 Å². The summed E-state index contributed by atoms with van der Waals surface area (Å²) in [6, 6.07) is 15.2. The van der Waals surface area contributed by atoms with Gasteiger partial charge in [0.1, 0.15) is 22.5 Å². The summed E-state index contributed by atoms with van der Waals surface area (Å²) in [6.07, 6.45) is 0. The van der Waals surface area contributed by atoms with Crippen LogP contribution in [0, 0.1) is 0 Å². The molecule has 2 aromatic carbocycles. The van der Waals surface area contributed by atoms with Gasteiger partial charge in [-0.25, -0.2) is 4.98 Å². The molecule has 0 aliphatic rings. The molecule has 3 rings (SSSR count). The van der Waals surface area contributed by atoms with Crippen molar-refractivity contribution in [3.63, 3.8) is 0 Å². The third-order valence-electron chi connectivity index (χ3n) is 4.24. The molecule has 0 spiro atoms. The third kappa shape index (κ3) is 3.81. The molecule has 144 valence electrons. The molecule has 0 aliphatic heterocycles. The molecule has 1 amide bonds. The minimum absolute atomic E-state index is 0.115. The summed E-state index contributed by atoms with van der Waals surface area (Å²) in [5.41, 5.74) is 12.8. The highest BCUT2D eigenvalue weighted by Gasteiger charge is 2.27. The fraction of sp³-hybridized carbons (Fsp3) is 0.150. The zero-order valence-electron chi connectivity index (χ0n) is 15.5. The Morgan fingerprint density at radius 1 is 1.11 bits per heavy atom. The van der Waals surface area contributed by atoms with Gasteiger partial charge >= 0.3 is 0 Å². The molecule has 8 heteroatoms. The second kappa shape index (κ2) is 8.10. The number of carbonyl (C=O) groups excluding carboxylic acids is 2. The number of nitrogens with zero attached hydrogens (tertiary/aromatic N) is 2. The molecule has 4 N–H and O–H groups in total. The highest BCUT2D eigenvalue weighted by molar-refractivity contribution is 7.18. The number of nitrogens with two attached hydrogens (primary N) is 2. The van der Waals surface area contributed by atoms with Crippen LogP contribution in [0.1, 0.15) is 22.2 Å². The van der Waals surface area contributed by atoms with Gasteiger partial charge < -0.3 is 21.1 Å². The van der Waals surface area contributed by atoms with Crippen molar-refractivity contribution in [3.8, 4) is 5.75 Å². The number of carbonyl (C=O) groups is 2. The summed E-state index contributed by atoms with van der Waals surface area (Å²) in [4.78, 5) is 31.0. The number of primary amides is 1. The van der Waals surface area contributed by atoms with Crippen molar-refractivity contribution in [1.29, 1.82) is 0 Å². The van der Waals surface area contributed by atoms with Crippen LogP contribution in [-0.4, -0.2) is 29.8 Å². The van der Waals surface area contributed by atoms with Crippen molar-refractivity contribution >= 4 is 39.7 Å². The van der Waals surface area contributed by atoms with Gasteiger partial charge in [0.05, 0.1) is 7.11 Å². The van der Waals surface area contributed by atoms with Crippen LogP contribution in [0.4, 0.5) is 16.6 Å². The zero-order chi connectivity index (χ0) is 20.3. The Morgan fingerprint density at radius 2 is 1.75 bits per heavy atom. The Balaban J connectivity index is 2.03. The number of hydrogen-bond acceptors (Lipinski definition) is 7. The van der Waals surface area contributed by atoms with Crippen LogP contribution >= 0.6 is 11.3 Å². The van der Waals surface area contributed by atoms with Crippen LogP contribution in [-0.2, 0) is 4.79 Å². The maximum atomic E-state index is 12.8. The van der Waals surface area contributed by atoms with Crippen LogP contribution in [0.2, 0.25) is 0 Å². The summed E-state index contributed by atoms with van der Waals surface area (Å²) >= 11 is 1.12. The van der Waals surface area contributed by atoms with E-state index in [1.807, 2.05) is 6.07 Å². The fourth-order valence-corrected chi connectivity index (χ4v) is 3.73. The molecule has 0 unspecified atom stereocenters. The first-order chi connectivity index (χ1) is 13.4. The van der Waals surface area contributed by atoms with E-state index in [4.69, 9.17) is 16.2 Å². The van der Waals surface area contributed by atoms with Crippen LogP contribution in [0.5, 0.6) is 5.75 Å². The van der Waals surface area contributed by atoms with Crippen molar-refractivity contribution in [2.75, 3.05) is 17.7 Å². The lowest BCUT2D eigenvalue weighted by Crippen LogP contribution is -2.39. The summed E-state index contributed by atoms with van der Waals surface area (Å²) < 4.78 is 5.18. The molecule has 28 heavy (non-hydrogen) atoms. The number of ketones is 1. The van der Waals surface area contributed by atoms with Gasteiger partial charge in [-0.1, -0.05) is 41.7 Å². The van der Waals surface area contributed by atoms with E-state index in [0.29, 0.717) is 27.0 Å². The molecule has 0 saturated carbocycles. The Hall–Kier alpha value is -3.39. The second-order valence-corrected chi connectivity index (χ2v) is 7.03. The Labute approximate surface area is 166 Å². The highest BCUT2D eigenvalue weighted by atomic mass is 32.1. The average molecular weight is 396 g/mol. The molecule has 1 heterocycles. The number of thiazole rings is 1. The molecule has 0 radical (unpaired) electrons. The predicted molar refractivity (Wildman–Crippen MR) is 110 cm³/mol. The van der Waals surface area contributed by atoms with E-state index < -0.39 is 11.9 Å². The highest BCUT2D eigenvalue weighted by Crippen LogP contribution is 2.36. The topological polar surface area (TPSA) is 112 Å². The molecule has 0 bridgehead atoms. The largest absolute Gasteiger partial charge is 0.497 e. The van der Waals surface area contributed by atoms with Gasteiger partial charge in [-0.05, 0) is 31.2 Å². The van der Waals surface area contributed by atoms with Gasteiger partial charge in [0.2, 0.25) is 11.7 Å². The Kier molecular flexibility index (Phi) is 5.60.